The highest BCUT2D eigenvalue weighted by atomic mass is 35.5. The molecule has 9 N–H and O–H groups in total. The third-order valence-electron chi connectivity index (χ3n) is 2.99. The molecule has 0 aliphatic rings. The van der Waals surface area contributed by atoms with Crippen LogP contribution in [0.5, 0.6) is 11.5 Å². The molecule has 2 rings (SSSR count). The molecule has 0 spiro atoms. The number of ether oxygens (including phenoxy) is 2. The van der Waals surface area contributed by atoms with Gasteiger partial charge in [-0.2, -0.15) is 0 Å². The van der Waals surface area contributed by atoms with Gasteiger partial charge in [0.15, 0.2) is 6.10 Å². The third kappa shape index (κ3) is 8.16. The summed E-state index contributed by atoms with van der Waals surface area (Å²) < 4.78 is 11.2. The normalized spacial score (nSPS) is 10.0. The second-order valence-electron chi connectivity index (χ2n) is 4.83. The zero-order chi connectivity index (χ0) is 16.1. The van der Waals surface area contributed by atoms with Crippen molar-refractivity contribution in [3.63, 3.8) is 0 Å². The molecule has 0 bridgehead atoms. The van der Waals surface area contributed by atoms with E-state index >= 15 is 0 Å². The molecule has 0 radical (unpaired) electrons. The van der Waals surface area contributed by atoms with Gasteiger partial charge in [-0.1, -0.05) is 0 Å². The van der Waals surface area contributed by atoms with E-state index in [0.717, 1.165) is 0 Å². The molecule has 1 unspecified atom stereocenters. The van der Waals surface area contributed by atoms with E-state index in [1.807, 2.05) is 0 Å². The van der Waals surface area contributed by atoms with Crippen LogP contribution < -0.4 is 32.4 Å². The second kappa shape index (κ2) is 13.5. The number of hydrogen-bond donors (Lipinski definition) is 5. The van der Waals surface area contributed by atoms with Crippen LogP contribution in [0.4, 0.5) is 22.7 Å². The molecule has 0 aliphatic heterocycles. The number of nitrogen functional groups attached to an aromatic ring is 4. The van der Waals surface area contributed by atoms with Gasteiger partial charge in [-0.3, -0.25) is 0 Å². The largest absolute Gasteiger partial charge is 0.487 e. The highest BCUT2D eigenvalue weighted by Gasteiger charge is 2.13. The predicted molar refractivity (Wildman–Crippen MR) is 117 cm³/mol. The fraction of sp³-hybridized carbons (Fsp3) is 0.200. The zero-order valence-electron chi connectivity index (χ0n) is 13.7. The molecule has 11 heteroatoms. The van der Waals surface area contributed by atoms with Gasteiger partial charge in [0.05, 0.1) is 18.0 Å². The van der Waals surface area contributed by atoms with Crippen LogP contribution in [-0.4, -0.2) is 24.4 Å². The molecule has 0 heterocycles. The first-order chi connectivity index (χ1) is 10.5. The number of halogens is 4. The average Bonchev–Trinajstić information content (AvgIpc) is 2.47. The molecule has 0 amide bonds. The summed E-state index contributed by atoms with van der Waals surface area (Å²) in [7, 11) is 0. The van der Waals surface area contributed by atoms with Gasteiger partial charge in [-0.25, -0.2) is 0 Å². The first-order valence-electron chi connectivity index (χ1n) is 6.70. The smallest absolute Gasteiger partial charge is 0.156 e. The van der Waals surface area contributed by atoms with Crippen molar-refractivity contribution in [1.29, 1.82) is 0 Å². The van der Waals surface area contributed by atoms with Gasteiger partial charge in [0, 0.05) is 11.4 Å². The Bertz CT molecular complexity index is 665. The van der Waals surface area contributed by atoms with Gasteiger partial charge in [-0.15, -0.1) is 49.6 Å². The SMILES string of the molecule is Cl.Cl.Cl.Cl.Nc1ccc(OCC(CO)Oc2ccc(N)cc2N)c(N)c1. The van der Waals surface area contributed by atoms with Crippen LogP contribution in [0.3, 0.4) is 0 Å². The quantitative estimate of drug-likeness (QED) is 0.426. The standard InChI is InChI=1S/C15H20N4O3.4ClH/c16-9-1-3-14(12(18)5-9)21-8-11(7-20)22-15-4-2-10(17)6-13(15)19;;;;/h1-6,11,20H,7-8,16-19H2;4*1H. The van der Waals surface area contributed by atoms with E-state index in [0.29, 0.717) is 34.2 Å². The van der Waals surface area contributed by atoms with Crippen molar-refractivity contribution in [2.24, 2.45) is 0 Å². The molecule has 0 fully saturated rings. The van der Waals surface area contributed by atoms with Crippen LogP contribution in [0, 0.1) is 0 Å². The van der Waals surface area contributed by atoms with E-state index in [2.05, 4.69) is 0 Å². The molecular weight excluding hydrogens is 426 g/mol. The Morgan fingerprint density at radius 3 is 1.65 bits per heavy atom. The Hall–Kier alpha value is -1.64. The summed E-state index contributed by atoms with van der Waals surface area (Å²) >= 11 is 0. The molecule has 0 saturated heterocycles. The van der Waals surface area contributed by atoms with E-state index in [1.54, 1.807) is 36.4 Å². The van der Waals surface area contributed by atoms with Crippen LogP contribution >= 0.6 is 49.6 Å². The third-order valence-corrected chi connectivity index (χ3v) is 2.99. The molecule has 7 nitrogen and oxygen atoms in total. The highest BCUT2D eigenvalue weighted by Crippen LogP contribution is 2.26. The molecule has 26 heavy (non-hydrogen) atoms. The van der Waals surface area contributed by atoms with Gasteiger partial charge < -0.3 is 37.5 Å². The minimum Gasteiger partial charge on any atom is -0.487 e. The van der Waals surface area contributed by atoms with Gasteiger partial charge in [-0.05, 0) is 36.4 Å². The molecular formula is C15H24Cl4N4O3. The lowest BCUT2D eigenvalue weighted by Crippen LogP contribution is -2.29. The molecule has 2 aromatic rings. The Kier molecular flexibility index (Phi) is 15.2. The second-order valence-corrected chi connectivity index (χ2v) is 4.83. The molecule has 1 atom stereocenters. The molecule has 2 aromatic carbocycles. The number of hydrogen-bond acceptors (Lipinski definition) is 7. The molecule has 0 aromatic heterocycles. The molecule has 150 valence electrons. The Morgan fingerprint density at radius 2 is 1.23 bits per heavy atom. The van der Waals surface area contributed by atoms with Crippen molar-refractivity contribution in [2.75, 3.05) is 36.1 Å². The Balaban J connectivity index is -0.00000132. The van der Waals surface area contributed by atoms with Crippen molar-refractivity contribution >= 4 is 72.4 Å². The Morgan fingerprint density at radius 1 is 0.769 bits per heavy atom. The summed E-state index contributed by atoms with van der Waals surface area (Å²) in [5.41, 5.74) is 24.8. The number of nitrogens with two attached hydrogens (primary N) is 4. The van der Waals surface area contributed by atoms with Gasteiger partial charge in [0.25, 0.3) is 0 Å². The van der Waals surface area contributed by atoms with Crippen LogP contribution in [0.15, 0.2) is 36.4 Å². The lowest BCUT2D eigenvalue weighted by atomic mass is 10.2. The van der Waals surface area contributed by atoms with Crippen molar-refractivity contribution in [2.45, 2.75) is 6.10 Å². The summed E-state index contributed by atoms with van der Waals surface area (Å²) in [6.07, 6.45) is -0.595. The number of aliphatic hydroxyl groups is 1. The van der Waals surface area contributed by atoms with E-state index in [9.17, 15) is 5.11 Å². The van der Waals surface area contributed by atoms with E-state index in [-0.39, 0.29) is 62.8 Å². The summed E-state index contributed by atoms with van der Waals surface area (Å²) in [6.45, 7) is -0.132. The van der Waals surface area contributed by atoms with Crippen LogP contribution in [0.25, 0.3) is 0 Å². The van der Waals surface area contributed by atoms with Crippen molar-refractivity contribution in [1.82, 2.24) is 0 Å². The lowest BCUT2D eigenvalue weighted by molar-refractivity contribution is 0.0726. The van der Waals surface area contributed by atoms with E-state index in [1.165, 1.54) is 0 Å². The summed E-state index contributed by atoms with van der Waals surface area (Å²) in [6, 6.07) is 9.84. The monoisotopic (exact) mass is 448 g/mol. The predicted octanol–water partition coefficient (Wildman–Crippen LogP) is 2.52. The minimum absolute atomic E-state index is 0. The van der Waals surface area contributed by atoms with Crippen LogP contribution in [-0.2, 0) is 0 Å². The number of benzene rings is 2. The van der Waals surface area contributed by atoms with E-state index in [4.69, 9.17) is 32.4 Å². The maximum absolute atomic E-state index is 9.40. The van der Waals surface area contributed by atoms with Gasteiger partial charge in [0.2, 0.25) is 0 Å². The average molecular weight is 450 g/mol. The topological polar surface area (TPSA) is 143 Å². The van der Waals surface area contributed by atoms with Crippen LogP contribution in [0.2, 0.25) is 0 Å². The Labute approximate surface area is 177 Å². The fourth-order valence-electron chi connectivity index (χ4n) is 1.86. The summed E-state index contributed by atoms with van der Waals surface area (Å²) in [5, 5.41) is 9.40. The maximum Gasteiger partial charge on any atom is 0.156 e. The molecule has 0 aliphatic carbocycles. The molecule has 0 saturated carbocycles. The lowest BCUT2D eigenvalue weighted by Gasteiger charge is -2.19. The number of rotatable bonds is 6. The van der Waals surface area contributed by atoms with Gasteiger partial charge in [0.1, 0.15) is 18.1 Å². The van der Waals surface area contributed by atoms with Crippen molar-refractivity contribution < 1.29 is 14.6 Å². The first kappa shape index (κ1) is 29.1. The number of aliphatic hydroxyl groups excluding tert-OH is 1. The zero-order valence-corrected chi connectivity index (χ0v) is 16.9. The van der Waals surface area contributed by atoms with Crippen molar-refractivity contribution in [3.05, 3.63) is 36.4 Å². The number of anilines is 4. The van der Waals surface area contributed by atoms with Crippen molar-refractivity contribution in [3.8, 4) is 11.5 Å². The first-order valence-corrected chi connectivity index (χ1v) is 6.70. The minimum atomic E-state index is -0.595. The maximum atomic E-state index is 9.40. The fourth-order valence-corrected chi connectivity index (χ4v) is 1.86. The van der Waals surface area contributed by atoms with Crippen LogP contribution in [0.1, 0.15) is 0 Å². The summed E-state index contributed by atoms with van der Waals surface area (Å²) in [5.74, 6) is 0.906. The highest BCUT2D eigenvalue weighted by molar-refractivity contribution is 5.86. The van der Waals surface area contributed by atoms with Gasteiger partial charge >= 0.3 is 0 Å². The van der Waals surface area contributed by atoms with E-state index < -0.39 is 6.10 Å². The summed E-state index contributed by atoms with van der Waals surface area (Å²) in [4.78, 5) is 0.